The quantitative estimate of drug-likeness (QED) is 0.715. The summed E-state index contributed by atoms with van der Waals surface area (Å²) in [5.41, 5.74) is 3.92. The lowest BCUT2D eigenvalue weighted by Gasteiger charge is -2.03. The molecule has 102 valence electrons. The third-order valence-corrected chi connectivity index (χ3v) is 3.46. The van der Waals surface area contributed by atoms with Gasteiger partial charge < -0.3 is 9.14 Å². The fourth-order valence-corrected chi connectivity index (χ4v) is 2.43. The molecule has 0 saturated carbocycles. The Morgan fingerprint density at radius 3 is 2.95 bits per heavy atom. The molecule has 0 aliphatic heterocycles. The van der Waals surface area contributed by atoms with Gasteiger partial charge >= 0.3 is 0 Å². The van der Waals surface area contributed by atoms with Crippen molar-refractivity contribution in [1.29, 1.82) is 0 Å². The zero-order valence-electron chi connectivity index (χ0n) is 11.4. The van der Waals surface area contributed by atoms with E-state index in [2.05, 4.69) is 11.9 Å². The Bertz CT molecular complexity index is 764. The number of benzene rings is 1. The number of aryl methyl sites for hydroxylation is 1. The Morgan fingerprint density at radius 1 is 1.30 bits per heavy atom. The number of halogens is 1. The summed E-state index contributed by atoms with van der Waals surface area (Å²) in [5, 5.41) is 0.715. The van der Waals surface area contributed by atoms with Gasteiger partial charge in [0.2, 0.25) is 0 Å². The molecule has 20 heavy (non-hydrogen) atoms. The molecule has 0 spiro atoms. The second kappa shape index (κ2) is 5.17. The highest BCUT2D eigenvalue weighted by Crippen LogP contribution is 2.28. The third-order valence-electron chi connectivity index (χ3n) is 3.22. The van der Waals surface area contributed by atoms with Crippen LogP contribution in [-0.4, -0.2) is 16.0 Å². The van der Waals surface area contributed by atoms with Crippen molar-refractivity contribution in [3.05, 3.63) is 53.3 Å². The first-order valence-electron chi connectivity index (χ1n) is 6.56. The summed E-state index contributed by atoms with van der Waals surface area (Å²) < 4.78 is 7.59. The van der Waals surface area contributed by atoms with Crippen LogP contribution in [0.3, 0.4) is 0 Å². The van der Waals surface area contributed by atoms with Gasteiger partial charge in [0.15, 0.2) is 11.4 Å². The molecule has 2 aromatic heterocycles. The van der Waals surface area contributed by atoms with Gasteiger partial charge in [-0.25, -0.2) is 4.98 Å². The second-order valence-electron chi connectivity index (χ2n) is 4.62. The molecule has 0 amide bonds. The minimum absolute atomic E-state index is 0.623. The van der Waals surface area contributed by atoms with Crippen LogP contribution in [0, 0.1) is 6.92 Å². The van der Waals surface area contributed by atoms with Gasteiger partial charge in [-0.05, 0) is 43.7 Å². The Morgan fingerprint density at radius 2 is 2.15 bits per heavy atom. The van der Waals surface area contributed by atoms with Crippen molar-refractivity contribution in [2.75, 3.05) is 6.61 Å². The Kier molecular flexibility index (Phi) is 3.36. The van der Waals surface area contributed by atoms with Crippen LogP contribution in [0.2, 0.25) is 5.02 Å². The van der Waals surface area contributed by atoms with Crippen LogP contribution in [0.1, 0.15) is 12.5 Å². The number of nitrogens with zero attached hydrogens (tertiary/aromatic N) is 2. The van der Waals surface area contributed by atoms with Crippen molar-refractivity contribution < 1.29 is 4.74 Å². The van der Waals surface area contributed by atoms with Gasteiger partial charge in [0.05, 0.1) is 12.3 Å². The highest BCUT2D eigenvalue weighted by molar-refractivity contribution is 6.30. The predicted molar refractivity (Wildman–Crippen MR) is 81.5 cm³/mol. The Hall–Kier alpha value is -2.00. The van der Waals surface area contributed by atoms with Crippen LogP contribution >= 0.6 is 11.6 Å². The number of pyridine rings is 1. The smallest absolute Gasteiger partial charge is 0.180 e. The van der Waals surface area contributed by atoms with E-state index in [-0.39, 0.29) is 0 Å². The number of rotatable bonds is 3. The zero-order chi connectivity index (χ0) is 14.1. The minimum atomic E-state index is 0.623. The van der Waals surface area contributed by atoms with Crippen molar-refractivity contribution in [2.45, 2.75) is 13.8 Å². The predicted octanol–water partition coefficient (Wildman–Crippen LogP) is 4.36. The molecule has 3 rings (SSSR count). The van der Waals surface area contributed by atoms with Crippen LogP contribution < -0.4 is 4.74 Å². The summed E-state index contributed by atoms with van der Waals surface area (Å²) >= 11 is 6.09. The van der Waals surface area contributed by atoms with E-state index in [1.807, 2.05) is 54.0 Å². The lowest BCUT2D eigenvalue weighted by atomic mass is 10.1. The average Bonchev–Trinajstić information content (AvgIpc) is 2.87. The average molecular weight is 287 g/mol. The van der Waals surface area contributed by atoms with E-state index in [1.165, 1.54) is 0 Å². The van der Waals surface area contributed by atoms with E-state index in [1.54, 1.807) is 0 Å². The highest BCUT2D eigenvalue weighted by Gasteiger charge is 2.10. The molecule has 0 N–H and O–H groups in total. The van der Waals surface area contributed by atoms with E-state index < -0.39 is 0 Å². The van der Waals surface area contributed by atoms with E-state index >= 15 is 0 Å². The number of aromatic nitrogens is 2. The summed E-state index contributed by atoms with van der Waals surface area (Å²) in [6.07, 6.45) is 3.96. The number of imidazole rings is 1. The van der Waals surface area contributed by atoms with Gasteiger partial charge in [0.25, 0.3) is 0 Å². The van der Waals surface area contributed by atoms with Crippen LogP contribution in [0.5, 0.6) is 5.75 Å². The summed E-state index contributed by atoms with van der Waals surface area (Å²) in [6.45, 7) is 4.64. The molecule has 4 heteroatoms. The fraction of sp³-hybridized carbons (Fsp3) is 0.188. The number of hydrogen-bond donors (Lipinski definition) is 0. The number of ether oxygens (including phenoxy) is 1. The van der Waals surface area contributed by atoms with E-state index in [4.69, 9.17) is 16.3 Å². The van der Waals surface area contributed by atoms with Crippen molar-refractivity contribution in [2.24, 2.45) is 0 Å². The molecular weight excluding hydrogens is 272 g/mol. The van der Waals surface area contributed by atoms with Crippen LogP contribution in [-0.2, 0) is 0 Å². The Balaban J connectivity index is 2.18. The molecule has 3 nitrogen and oxygen atoms in total. The maximum absolute atomic E-state index is 6.09. The second-order valence-corrected chi connectivity index (χ2v) is 5.06. The van der Waals surface area contributed by atoms with Crippen LogP contribution in [0.15, 0.2) is 42.7 Å². The normalized spacial score (nSPS) is 10.9. The first-order chi connectivity index (χ1) is 9.69. The van der Waals surface area contributed by atoms with Crippen molar-refractivity contribution in [3.63, 3.8) is 0 Å². The molecule has 1 aromatic carbocycles. The van der Waals surface area contributed by atoms with Crippen molar-refractivity contribution >= 4 is 17.2 Å². The van der Waals surface area contributed by atoms with Gasteiger partial charge in [-0.15, -0.1) is 0 Å². The van der Waals surface area contributed by atoms with Crippen molar-refractivity contribution in [1.82, 2.24) is 9.38 Å². The van der Waals surface area contributed by atoms with E-state index in [9.17, 15) is 0 Å². The molecule has 0 aliphatic rings. The summed E-state index contributed by atoms with van der Waals surface area (Å²) in [4.78, 5) is 4.68. The Labute approximate surface area is 122 Å². The molecule has 0 fully saturated rings. The maximum atomic E-state index is 6.09. The number of hydrogen-bond acceptors (Lipinski definition) is 2. The summed E-state index contributed by atoms with van der Waals surface area (Å²) in [5.74, 6) is 0.793. The van der Waals surface area contributed by atoms with Gasteiger partial charge in [-0.1, -0.05) is 17.7 Å². The molecule has 0 atom stereocenters. The molecule has 0 unspecified atom stereocenters. The first-order valence-corrected chi connectivity index (χ1v) is 6.94. The van der Waals surface area contributed by atoms with Crippen LogP contribution in [0.4, 0.5) is 0 Å². The lowest BCUT2D eigenvalue weighted by Crippen LogP contribution is -1.94. The standard InChI is InChI=1S/C16H15ClN2O/c1-3-20-15-5-4-8-19-10-14(18-16(15)19)13-9-12(17)7-6-11(13)2/h4-10H,3H2,1-2H3. The molecule has 3 aromatic rings. The molecule has 0 aliphatic carbocycles. The molecular formula is C16H15ClN2O. The van der Waals surface area contributed by atoms with Gasteiger partial charge in [-0.2, -0.15) is 0 Å². The number of fused-ring (bicyclic) bond motifs is 1. The van der Waals surface area contributed by atoms with Crippen molar-refractivity contribution in [3.8, 4) is 17.0 Å². The SMILES string of the molecule is CCOc1cccn2cc(-c3cc(Cl)ccc3C)nc12. The topological polar surface area (TPSA) is 26.5 Å². The lowest BCUT2D eigenvalue weighted by molar-refractivity contribution is 0.342. The van der Waals surface area contributed by atoms with Gasteiger partial charge in [0.1, 0.15) is 0 Å². The van der Waals surface area contributed by atoms with Gasteiger partial charge in [0, 0.05) is 23.0 Å². The van der Waals surface area contributed by atoms with Gasteiger partial charge in [-0.3, -0.25) is 0 Å². The minimum Gasteiger partial charge on any atom is -0.490 e. The summed E-state index contributed by atoms with van der Waals surface area (Å²) in [7, 11) is 0. The largest absolute Gasteiger partial charge is 0.490 e. The molecule has 0 radical (unpaired) electrons. The fourth-order valence-electron chi connectivity index (χ4n) is 2.26. The van der Waals surface area contributed by atoms with Crippen LogP contribution in [0.25, 0.3) is 16.9 Å². The third kappa shape index (κ3) is 2.25. The van der Waals surface area contributed by atoms with E-state index in [0.717, 1.165) is 28.2 Å². The maximum Gasteiger partial charge on any atom is 0.180 e. The van der Waals surface area contributed by atoms with E-state index in [0.29, 0.717) is 11.6 Å². The highest BCUT2D eigenvalue weighted by atomic mass is 35.5. The molecule has 0 saturated heterocycles. The summed E-state index contributed by atoms with van der Waals surface area (Å²) in [6, 6.07) is 9.72. The molecule has 2 heterocycles. The monoisotopic (exact) mass is 286 g/mol. The first kappa shape index (κ1) is 13.0. The zero-order valence-corrected chi connectivity index (χ0v) is 12.2. The molecule has 0 bridgehead atoms.